The normalized spacial score (nSPS) is 12.6. The quantitative estimate of drug-likeness (QED) is 0.281. The Morgan fingerprint density at radius 3 is 2.50 bits per heavy atom. The molecule has 0 aliphatic heterocycles. The van der Waals surface area contributed by atoms with Crippen molar-refractivity contribution >= 4 is 16.8 Å². The van der Waals surface area contributed by atoms with E-state index in [1.54, 1.807) is 13.8 Å². The van der Waals surface area contributed by atoms with E-state index in [1.807, 2.05) is 30.5 Å². The van der Waals surface area contributed by atoms with E-state index >= 15 is 0 Å². The summed E-state index contributed by atoms with van der Waals surface area (Å²) in [5, 5.41) is 13.8. The van der Waals surface area contributed by atoms with Gasteiger partial charge in [-0.15, -0.1) is 0 Å². The number of benzene rings is 3. The lowest BCUT2D eigenvalue weighted by Crippen LogP contribution is -2.39. The maximum absolute atomic E-state index is 13.6. The van der Waals surface area contributed by atoms with Crippen LogP contribution in [0.4, 0.5) is 13.2 Å². The third-order valence-electron chi connectivity index (χ3n) is 5.83. The first kappa shape index (κ1) is 25.3. The van der Waals surface area contributed by atoms with Gasteiger partial charge in [0.05, 0.1) is 29.9 Å². The van der Waals surface area contributed by atoms with Crippen LogP contribution in [-0.4, -0.2) is 34.8 Å². The molecular weight excluding hydrogens is 469 g/mol. The van der Waals surface area contributed by atoms with E-state index in [0.717, 1.165) is 22.5 Å². The highest BCUT2D eigenvalue weighted by Gasteiger charge is 2.33. The van der Waals surface area contributed by atoms with Crippen molar-refractivity contribution < 1.29 is 27.8 Å². The molecule has 0 spiro atoms. The van der Waals surface area contributed by atoms with Gasteiger partial charge in [0.25, 0.3) is 5.91 Å². The van der Waals surface area contributed by atoms with E-state index in [0.29, 0.717) is 6.42 Å². The Hall–Kier alpha value is -3.78. The van der Waals surface area contributed by atoms with Crippen molar-refractivity contribution in [2.24, 2.45) is 0 Å². The van der Waals surface area contributed by atoms with Gasteiger partial charge in [-0.1, -0.05) is 42.5 Å². The average molecular weight is 497 g/mol. The lowest BCUT2D eigenvalue weighted by atomic mass is 9.97. The maximum atomic E-state index is 13.6. The van der Waals surface area contributed by atoms with E-state index in [2.05, 4.69) is 10.3 Å². The Balaban J connectivity index is 1.66. The zero-order valence-electron chi connectivity index (χ0n) is 19.9. The molecule has 36 heavy (non-hydrogen) atoms. The Bertz CT molecular complexity index is 1360. The predicted octanol–water partition coefficient (Wildman–Crippen LogP) is 5.97. The molecule has 1 aromatic heterocycles. The van der Waals surface area contributed by atoms with E-state index in [4.69, 9.17) is 4.74 Å². The number of amides is 1. The standard InChI is InChI=1S/C28H27F3N2O3/c1-17(2)36-26-12-11-18(21-7-3-5-9-24(21)28(29,30)31)14-23(26)27(35)33-20(16-34)13-19-15-32-25-10-6-4-8-22(19)25/h3-12,14-15,17,20,32,34H,13,16H2,1-2H3,(H,33,35)/t20-/m1/s1. The molecule has 1 heterocycles. The fraction of sp³-hybridized carbons (Fsp3) is 0.250. The Labute approximate surface area is 206 Å². The zero-order valence-corrected chi connectivity index (χ0v) is 19.9. The number of aromatic amines is 1. The number of halogens is 3. The van der Waals surface area contributed by atoms with Crippen LogP contribution in [0, 0.1) is 0 Å². The molecule has 0 aliphatic rings. The number of aromatic nitrogens is 1. The van der Waals surface area contributed by atoms with Crippen LogP contribution in [0.15, 0.2) is 72.9 Å². The number of aliphatic hydroxyl groups is 1. The molecule has 8 heteroatoms. The van der Waals surface area contributed by atoms with Crippen molar-refractivity contribution in [1.82, 2.24) is 10.3 Å². The number of rotatable bonds is 8. The third kappa shape index (κ3) is 5.54. The molecule has 188 valence electrons. The number of ether oxygens (including phenoxy) is 1. The highest BCUT2D eigenvalue weighted by molar-refractivity contribution is 5.98. The lowest BCUT2D eigenvalue weighted by Gasteiger charge is -2.20. The summed E-state index contributed by atoms with van der Waals surface area (Å²) in [7, 11) is 0. The van der Waals surface area contributed by atoms with Gasteiger partial charge in [0, 0.05) is 17.1 Å². The number of nitrogens with one attached hydrogen (secondary N) is 2. The summed E-state index contributed by atoms with van der Waals surface area (Å²) in [5.41, 5.74) is 1.38. The molecule has 0 fully saturated rings. The maximum Gasteiger partial charge on any atom is 0.417 e. The molecule has 0 saturated heterocycles. The second kappa shape index (κ2) is 10.5. The molecule has 1 atom stereocenters. The minimum atomic E-state index is -4.55. The van der Waals surface area contributed by atoms with Gasteiger partial charge in [0.1, 0.15) is 5.75 Å². The first-order chi connectivity index (χ1) is 17.2. The number of carbonyl (C=O) groups is 1. The topological polar surface area (TPSA) is 74.3 Å². The monoisotopic (exact) mass is 496 g/mol. The van der Waals surface area contributed by atoms with Gasteiger partial charge in [-0.2, -0.15) is 13.2 Å². The molecule has 0 bridgehead atoms. The second-order valence-corrected chi connectivity index (χ2v) is 8.84. The van der Waals surface area contributed by atoms with Gasteiger partial charge in [-0.05, 0) is 61.2 Å². The molecule has 4 rings (SSSR count). The summed E-state index contributed by atoms with van der Waals surface area (Å²) in [6.45, 7) is 3.27. The van der Waals surface area contributed by atoms with Crippen LogP contribution in [0.2, 0.25) is 0 Å². The number of aliphatic hydroxyl groups excluding tert-OH is 1. The summed E-state index contributed by atoms with van der Waals surface area (Å²) >= 11 is 0. The van der Waals surface area contributed by atoms with E-state index < -0.39 is 23.7 Å². The minimum Gasteiger partial charge on any atom is -0.490 e. The predicted molar refractivity (Wildman–Crippen MR) is 133 cm³/mol. The number of fused-ring (bicyclic) bond motifs is 1. The summed E-state index contributed by atoms with van der Waals surface area (Å²) in [4.78, 5) is 16.5. The fourth-order valence-electron chi connectivity index (χ4n) is 4.20. The Morgan fingerprint density at radius 2 is 1.78 bits per heavy atom. The zero-order chi connectivity index (χ0) is 25.9. The van der Waals surface area contributed by atoms with E-state index in [1.165, 1.54) is 36.4 Å². The molecule has 0 radical (unpaired) electrons. The van der Waals surface area contributed by atoms with Crippen molar-refractivity contribution in [2.45, 2.75) is 38.6 Å². The second-order valence-electron chi connectivity index (χ2n) is 8.84. The third-order valence-corrected chi connectivity index (χ3v) is 5.83. The van der Waals surface area contributed by atoms with Crippen molar-refractivity contribution in [1.29, 1.82) is 0 Å². The van der Waals surface area contributed by atoms with E-state index in [9.17, 15) is 23.1 Å². The first-order valence-electron chi connectivity index (χ1n) is 11.6. The van der Waals surface area contributed by atoms with Crippen LogP contribution >= 0.6 is 0 Å². The summed E-state index contributed by atoms with van der Waals surface area (Å²) in [5.74, 6) is -0.296. The molecule has 3 N–H and O–H groups in total. The molecule has 0 saturated carbocycles. The summed E-state index contributed by atoms with van der Waals surface area (Å²) in [6.07, 6.45) is -2.61. The molecule has 5 nitrogen and oxygen atoms in total. The van der Waals surface area contributed by atoms with Crippen LogP contribution < -0.4 is 10.1 Å². The Kier molecular flexibility index (Phi) is 7.35. The van der Waals surface area contributed by atoms with Gasteiger partial charge >= 0.3 is 6.18 Å². The number of hydrogen-bond acceptors (Lipinski definition) is 3. The minimum absolute atomic E-state index is 0.0346. The van der Waals surface area contributed by atoms with Crippen LogP contribution in [0.25, 0.3) is 22.0 Å². The SMILES string of the molecule is CC(C)Oc1ccc(-c2ccccc2C(F)(F)F)cc1C(=O)N[C@@H](CO)Cc1c[nH]c2ccccc12. The largest absolute Gasteiger partial charge is 0.490 e. The van der Waals surface area contributed by atoms with Gasteiger partial charge < -0.3 is 20.1 Å². The molecule has 4 aromatic rings. The highest BCUT2D eigenvalue weighted by atomic mass is 19.4. The average Bonchev–Trinajstić information content (AvgIpc) is 3.25. The number of carbonyl (C=O) groups excluding carboxylic acids is 1. The van der Waals surface area contributed by atoms with Crippen molar-refractivity contribution in [3.8, 4) is 16.9 Å². The smallest absolute Gasteiger partial charge is 0.417 e. The van der Waals surface area contributed by atoms with Crippen LogP contribution in [0.5, 0.6) is 5.75 Å². The van der Waals surface area contributed by atoms with E-state index in [-0.39, 0.29) is 35.2 Å². The van der Waals surface area contributed by atoms with Crippen molar-refractivity contribution in [3.63, 3.8) is 0 Å². The molecule has 1 amide bonds. The Morgan fingerprint density at radius 1 is 1.06 bits per heavy atom. The summed E-state index contributed by atoms with van der Waals surface area (Å²) in [6, 6.07) is 16.7. The molecule has 3 aromatic carbocycles. The fourth-order valence-corrected chi connectivity index (χ4v) is 4.20. The van der Waals surface area contributed by atoms with Gasteiger partial charge in [-0.3, -0.25) is 4.79 Å². The van der Waals surface area contributed by atoms with Gasteiger partial charge in [0.2, 0.25) is 0 Å². The van der Waals surface area contributed by atoms with Crippen LogP contribution in [-0.2, 0) is 12.6 Å². The van der Waals surface area contributed by atoms with Crippen LogP contribution in [0.1, 0.15) is 35.3 Å². The number of H-pyrrole nitrogens is 1. The molecule has 0 aliphatic carbocycles. The molecule has 0 unspecified atom stereocenters. The van der Waals surface area contributed by atoms with Gasteiger partial charge in [0.15, 0.2) is 0 Å². The lowest BCUT2D eigenvalue weighted by molar-refractivity contribution is -0.137. The van der Waals surface area contributed by atoms with Crippen molar-refractivity contribution in [2.75, 3.05) is 6.61 Å². The number of hydrogen-bond donors (Lipinski definition) is 3. The molecular formula is C28H27F3N2O3. The summed E-state index contributed by atoms with van der Waals surface area (Å²) < 4.78 is 46.6. The first-order valence-corrected chi connectivity index (χ1v) is 11.6. The number of alkyl halides is 3. The highest BCUT2D eigenvalue weighted by Crippen LogP contribution is 2.38. The van der Waals surface area contributed by atoms with Crippen LogP contribution in [0.3, 0.4) is 0 Å². The number of para-hydroxylation sites is 1. The van der Waals surface area contributed by atoms with Crippen molar-refractivity contribution in [3.05, 3.63) is 89.6 Å². The van der Waals surface area contributed by atoms with Gasteiger partial charge in [-0.25, -0.2) is 0 Å².